The maximum absolute atomic E-state index is 3.84. The summed E-state index contributed by atoms with van der Waals surface area (Å²) >= 11 is 3.84. The minimum atomic E-state index is 0.542. The molecule has 1 saturated carbocycles. The quantitative estimate of drug-likeness (QED) is 0.449. The SMILES string of the molecule is CC(C)CN(CC(C)C)CC1(CBr)CCCCCC1. The van der Waals surface area contributed by atoms with Gasteiger partial charge in [-0.2, -0.15) is 0 Å². The summed E-state index contributed by atoms with van der Waals surface area (Å²) in [5.41, 5.74) is 0.542. The monoisotopic (exact) mass is 331 g/mol. The Labute approximate surface area is 129 Å². The second-order valence-corrected chi connectivity index (χ2v) is 8.09. The molecule has 0 saturated heterocycles. The predicted molar refractivity (Wildman–Crippen MR) is 90.0 cm³/mol. The van der Waals surface area contributed by atoms with E-state index in [1.54, 1.807) is 0 Å². The number of hydrogen-bond acceptors (Lipinski definition) is 1. The normalized spacial score (nSPS) is 20.2. The van der Waals surface area contributed by atoms with Crippen molar-refractivity contribution in [1.82, 2.24) is 4.90 Å². The molecule has 0 spiro atoms. The Balaban J connectivity index is 2.66. The van der Waals surface area contributed by atoms with Crippen LogP contribution in [0.4, 0.5) is 0 Å². The fraction of sp³-hybridized carbons (Fsp3) is 1.00. The molecule has 0 atom stereocenters. The summed E-state index contributed by atoms with van der Waals surface area (Å²) in [6, 6.07) is 0. The molecule has 1 nitrogen and oxygen atoms in total. The predicted octanol–water partition coefficient (Wildman–Crippen LogP) is 5.34. The lowest BCUT2D eigenvalue weighted by molar-refractivity contribution is 0.127. The van der Waals surface area contributed by atoms with Crippen LogP contribution in [0.1, 0.15) is 66.2 Å². The van der Waals surface area contributed by atoms with E-state index in [2.05, 4.69) is 48.5 Å². The molecule has 0 unspecified atom stereocenters. The van der Waals surface area contributed by atoms with Gasteiger partial charge in [-0.15, -0.1) is 0 Å². The van der Waals surface area contributed by atoms with Crippen molar-refractivity contribution in [2.75, 3.05) is 25.0 Å². The fourth-order valence-electron chi connectivity index (χ4n) is 3.52. The molecule has 0 amide bonds. The average Bonchev–Trinajstić information content (AvgIpc) is 2.53. The Hall–Kier alpha value is 0.440. The molecular weight excluding hydrogens is 298 g/mol. The highest BCUT2D eigenvalue weighted by molar-refractivity contribution is 9.09. The Morgan fingerprint density at radius 3 is 1.74 bits per heavy atom. The van der Waals surface area contributed by atoms with Gasteiger partial charge in [0.1, 0.15) is 0 Å². The summed E-state index contributed by atoms with van der Waals surface area (Å²) in [5.74, 6) is 1.55. The molecule has 0 aliphatic heterocycles. The summed E-state index contributed by atoms with van der Waals surface area (Å²) in [6.45, 7) is 13.2. The minimum absolute atomic E-state index is 0.542. The molecule has 19 heavy (non-hydrogen) atoms. The zero-order valence-corrected chi connectivity index (χ0v) is 15.1. The average molecular weight is 332 g/mol. The van der Waals surface area contributed by atoms with Gasteiger partial charge in [0.15, 0.2) is 0 Å². The third-order valence-electron chi connectivity index (χ3n) is 4.25. The highest BCUT2D eigenvalue weighted by atomic mass is 79.9. The number of alkyl halides is 1. The summed E-state index contributed by atoms with van der Waals surface area (Å²) in [6.07, 6.45) is 8.60. The second kappa shape index (κ2) is 8.67. The van der Waals surface area contributed by atoms with Crippen LogP contribution in [0.3, 0.4) is 0 Å². The van der Waals surface area contributed by atoms with E-state index in [-0.39, 0.29) is 0 Å². The van der Waals surface area contributed by atoms with Crippen molar-refractivity contribution < 1.29 is 0 Å². The molecule has 0 N–H and O–H groups in total. The first kappa shape index (κ1) is 17.5. The van der Waals surface area contributed by atoms with Crippen LogP contribution in [0.15, 0.2) is 0 Å². The van der Waals surface area contributed by atoms with Crippen molar-refractivity contribution in [3.05, 3.63) is 0 Å². The van der Waals surface area contributed by atoms with Crippen molar-refractivity contribution >= 4 is 15.9 Å². The summed E-state index contributed by atoms with van der Waals surface area (Å²) < 4.78 is 0. The van der Waals surface area contributed by atoms with Crippen LogP contribution < -0.4 is 0 Å². The van der Waals surface area contributed by atoms with Crippen LogP contribution in [0.25, 0.3) is 0 Å². The molecule has 114 valence electrons. The van der Waals surface area contributed by atoms with E-state index < -0.39 is 0 Å². The van der Waals surface area contributed by atoms with E-state index in [4.69, 9.17) is 0 Å². The van der Waals surface area contributed by atoms with Gasteiger partial charge in [-0.25, -0.2) is 0 Å². The first-order chi connectivity index (χ1) is 8.97. The number of hydrogen-bond donors (Lipinski definition) is 0. The van der Waals surface area contributed by atoms with Crippen molar-refractivity contribution in [3.63, 3.8) is 0 Å². The van der Waals surface area contributed by atoms with E-state index >= 15 is 0 Å². The molecule has 1 rings (SSSR count). The fourth-order valence-corrected chi connectivity index (χ4v) is 4.26. The first-order valence-electron chi connectivity index (χ1n) is 8.26. The lowest BCUT2D eigenvalue weighted by atomic mass is 9.81. The molecule has 0 aromatic rings. The summed E-state index contributed by atoms with van der Waals surface area (Å²) in [5, 5.41) is 1.19. The Bertz CT molecular complexity index is 219. The van der Waals surface area contributed by atoms with E-state index in [0.29, 0.717) is 5.41 Å². The van der Waals surface area contributed by atoms with Crippen molar-refractivity contribution in [1.29, 1.82) is 0 Å². The molecule has 0 heterocycles. The van der Waals surface area contributed by atoms with Gasteiger partial charge in [0, 0.05) is 25.0 Å². The zero-order chi connectivity index (χ0) is 14.3. The lowest BCUT2D eigenvalue weighted by Crippen LogP contribution is -2.42. The second-order valence-electron chi connectivity index (χ2n) is 7.53. The molecule has 1 aliphatic rings. The minimum Gasteiger partial charge on any atom is -0.302 e. The lowest BCUT2D eigenvalue weighted by Gasteiger charge is -2.38. The maximum atomic E-state index is 3.84. The highest BCUT2D eigenvalue weighted by Crippen LogP contribution is 2.37. The van der Waals surface area contributed by atoms with Gasteiger partial charge in [-0.05, 0) is 30.1 Å². The molecule has 2 heteroatoms. The number of nitrogens with zero attached hydrogens (tertiary/aromatic N) is 1. The van der Waals surface area contributed by atoms with E-state index in [9.17, 15) is 0 Å². The third-order valence-corrected chi connectivity index (χ3v) is 5.44. The Morgan fingerprint density at radius 2 is 1.37 bits per heavy atom. The van der Waals surface area contributed by atoms with Gasteiger partial charge in [-0.3, -0.25) is 0 Å². The molecular formula is C17H34BrN. The van der Waals surface area contributed by atoms with E-state index in [0.717, 1.165) is 11.8 Å². The molecule has 0 radical (unpaired) electrons. The van der Waals surface area contributed by atoms with Gasteiger partial charge in [0.05, 0.1) is 0 Å². The van der Waals surface area contributed by atoms with Gasteiger partial charge < -0.3 is 4.90 Å². The zero-order valence-electron chi connectivity index (χ0n) is 13.6. The smallest absolute Gasteiger partial charge is 0.0100 e. The number of rotatable bonds is 7. The first-order valence-corrected chi connectivity index (χ1v) is 9.38. The number of halogens is 1. The molecule has 0 bridgehead atoms. The Morgan fingerprint density at radius 1 is 0.895 bits per heavy atom. The van der Waals surface area contributed by atoms with Gasteiger partial charge in [0.2, 0.25) is 0 Å². The standard InChI is InChI=1S/C17H34BrN/c1-15(2)11-19(12-16(3)4)14-17(13-18)9-7-5-6-8-10-17/h15-16H,5-14H2,1-4H3. The molecule has 0 aromatic heterocycles. The van der Waals surface area contributed by atoms with Crippen LogP contribution in [-0.2, 0) is 0 Å². The van der Waals surface area contributed by atoms with Gasteiger partial charge in [-0.1, -0.05) is 69.3 Å². The highest BCUT2D eigenvalue weighted by Gasteiger charge is 2.32. The molecule has 1 fully saturated rings. The van der Waals surface area contributed by atoms with Crippen molar-refractivity contribution in [3.8, 4) is 0 Å². The third kappa shape index (κ3) is 6.62. The Kier molecular flexibility index (Phi) is 7.98. The molecule has 1 aliphatic carbocycles. The van der Waals surface area contributed by atoms with E-state index in [1.807, 2.05) is 0 Å². The topological polar surface area (TPSA) is 3.24 Å². The summed E-state index contributed by atoms with van der Waals surface area (Å²) in [4.78, 5) is 2.74. The van der Waals surface area contributed by atoms with Crippen LogP contribution in [0.5, 0.6) is 0 Å². The van der Waals surface area contributed by atoms with Crippen molar-refractivity contribution in [2.24, 2.45) is 17.3 Å². The van der Waals surface area contributed by atoms with Gasteiger partial charge >= 0.3 is 0 Å². The van der Waals surface area contributed by atoms with E-state index in [1.165, 1.54) is 63.5 Å². The van der Waals surface area contributed by atoms with Crippen LogP contribution in [0, 0.1) is 17.3 Å². The van der Waals surface area contributed by atoms with Gasteiger partial charge in [0.25, 0.3) is 0 Å². The van der Waals surface area contributed by atoms with Crippen LogP contribution in [-0.4, -0.2) is 29.9 Å². The van der Waals surface area contributed by atoms with Crippen LogP contribution >= 0.6 is 15.9 Å². The van der Waals surface area contributed by atoms with Crippen molar-refractivity contribution in [2.45, 2.75) is 66.2 Å². The maximum Gasteiger partial charge on any atom is 0.0100 e. The largest absolute Gasteiger partial charge is 0.302 e. The van der Waals surface area contributed by atoms with Crippen LogP contribution in [0.2, 0.25) is 0 Å². The molecule has 0 aromatic carbocycles. The summed E-state index contributed by atoms with van der Waals surface area (Å²) in [7, 11) is 0.